The maximum Gasteiger partial charge on any atom is 0.257 e. The lowest BCUT2D eigenvalue weighted by molar-refractivity contribution is -0.115. The van der Waals surface area contributed by atoms with Crippen molar-refractivity contribution in [1.29, 1.82) is 0 Å². The standard InChI is InChI=1S/C32H25Cl2N3O2S2/c1-19-11-13-21(14-12-19)28-20(2)40-32(36-28)37-31(39)29(22-7-4-3-5-8-22)41-25-10-6-9-24(18-25)35-30(38)26-16-15-23(33)17-27(26)34/h3-18,29H,1-2H3,(H,35,38)(H,36,37,39). The Bertz CT molecular complexity index is 1710. The van der Waals surface area contributed by atoms with Crippen LogP contribution in [-0.2, 0) is 4.79 Å². The number of halogens is 2. The molecule has 5 nitrogen and oxygen atoms in total. The van der Waals surface area contributed by atoms with Crippen molar-refractivity contribution in [3.8, 4) is 11.3 Å². The number of thioether (sulfide) groups is 1. The van der Waals surface area contributed by atoms with Gasteiger partial charge in [0.1, 0.15) is 5.25 Å². The normalized spacial score (nSPS) is 11.6. The number of thiazole rings is 1. The molecule has 41 heavy (non-hydrogen) atoms. The van der Waals surface area contributed by atoms with Crippen LogP contribution in [0.1, 0.15) is 31.6 Å². The molecule has 206 valence electrons. The van der Waals surface area contributed by atoms with E-state index in [4.69, 9.17) is 28.2 Å². The number of hydrogen-bond acceptors (Lipinski definition) is 5. The molecule has 2 N–H and O–H groups in total. The number of rotatable bonds is 8. The molecule has 0 fully saturated rings. The highest BCUT2D eigenvalue weighted by Crippen LogP contribution is 2.38. The Hall–Kier alpha value is -3.62. The van der Waals surface area contributed by atoms with E-state index in [-0.39, 0.29) is 16.8 Å². The summed E-state index contributed by atoms with van der Waals surface area (Å²) in [6, 6.07) is 29.9. The fourth-order valence-electron chi connectivity index (χ4n) is 4.16. The third-order valence-corrected chi connectivity index (χ3v) is 8.90. The molecular formula is C32H25Cl2N3O2S2. The van der Waals surface area contributed by atoms with Crippen LogP contribution in [0.5, 0.6) is 0 Å². The third kappa shape index (κ3) is 7.18. The number of benzene rings is 4. The fourth-order valence-corrected chi connectivity index (χ4v) is 6.57. The van der Waals surface area contributed by atoms with E-state index in [0.29, 0.717) is 21.4 Å². The number of hydrogen-bond donors (Lipinski definition) is 2. The van der Waals surface area contributed by atoms with Crippen molar-refractivity contribution >= 4 is 68.9 Å². The second-order valence-corrected chi connectivity index (χ2v) is 12.5. The van der Waals surface area contributed by atoms with E-state index in [2.05, 4.69) is 22.8 Å². The van der Waals surface area contributed by atoms with E-state index in [0.717, 1.165) is 26.6 Å². The second kappa shape index (κ2) is 12.9. The van der Waals surface area contributed by atoms with Gasteiger partial charge in [0.25, 0.3) is 5.91 Å². The highest BCUT2D eigenvalue weighted by Gasteiger charge is 2.24. The number of amides is 2. The third-order valence-electron chi connectivity index (χ3n) is 6.21. The minimum Gasteiger partial charge on any atom is -0.322 e. The van der Waals surface area contributed by atoms with E-state index >= 15 is 0 Å². The number of aromatic nitrogens is 1. The first-order valence-corrected chi connectivity index (χ1v) is 15.2. The van der Waals surface area contributed by atoms with Crippen LogP contribution in [0.25, 0.3) is 11.3 Å². The molecule has 0 aliphatic carbocycles. The van der Waals surface area contributed by atoms with E-state index in [1.54, 1.807) is 18.2 Å². The monoisotopic (exact) mass is 617 g/mol. The Morgan fingerprint density at radius 3 is 2.34 bits per heavy atom. The average Bonchev–Trinajstić information content (AvgIpc) is 3.32. The molecule has 0 aliphatic rings. The van der Waals surface area contributed by atoms with Gasteiger partial charge in [-0.3, -0.25) is 9.59 Å². The van der Waals surface area contributed by atoms with Gasteiger partial charge in [-0.15, -0.1) is 23.1 Å². The van der Waals surface area contributed by atoms with Gasteiger partial charge < -0.3 is 10.6 Å². The Kier molecular flexibility index (Phi) is 9.10. The number of carbonyl (C=O) groups excluding carboxylic acids is 2. The summed E-state index contributed by atoms with van der Waals surface area (Å²) >= 11 is 15.0. The summed E-state index contributed by atoms with van der Waals surface area (Å²) in [4.78, 5) is 33.1. The molecule has 4 aromatic carbocycles. The zero-order valence-corrected chi connectivity index (χ0v) is 25.3. The minimum absolute atomic E-state index is 0.187. The van der Waals surface area contributed by atoms with Crippen molar-refractivity contribution in [3.63, 3.8) is 0 Å². The van der Waals surface area contributed by atoms with Gasteiger partial charge in [-0.1, -0.05) is 89.4 Å². The van der Waals surface area contributed by atoms with Crippen molar-refractivity contribution in [1.82, 2.24) is 4.98 Å². The topological polar surface area (TPSA) is 71.1 Å². The summed E-state index contributed by atoms with van der Waals surface area (Å²) in [5.74, 6) is -0.539. The summed E-state index contributed by atoms with van der Waals surface area (Å²) in [5.41, 5.74) is 4.80. The maximum atomic E-state index is 13.7. The molecule has 1 heterocycles. The number of carbonyl (C=O) groups is 2. The number of aryl methyl sites for hydroxylation is 2. The van der Waals surface area contributed by atoms with Gasteiger partial charge in [0.05, 0.1) is 16.3 Å². The Morgan fingerprint density at radius 2 is 1.61 bits per heavy atom. The lowest BCUT2D eigenvalue weighted by atomic mass is 10.1. The Morgan fingerprint density at radius 1 is 0.854 bits per heavy atom. The van der Waals surface area contributed by atoms with Gasteiger partial charge >= 0.3 is 0 Å². The van der Waals surface area contributed by atoms with Crippen LogP contribution in [0.2, 0.25) is 10.0 Å². The lowest BCUT2D eigenvalue weighted by Crippen LogP contribution is -2.19. The van der Waals surface area contributed by atoms with Gasteiger partial charge in [-0.25, -0.2) is 4.98 Å². The lowest BCUT2D eigenvalue weighted by Gasteiger charge is -2.17. The summed E-state index contributed by atoms with van der Waals surface area (Å²) < 4.78 is 0. The molecule has 2 amide bonds. The van der Waals surface area contributed by atoms with Crippen LogP contribution >= 0.6 is 46.3 Å². The van der Waals surface area contributed by atoms with Gasteiger partial charge in [0.15, 0.2) is 5.13 Å². The highest BCUT2D eigenvalue weighted by molar-refractivity contribution is 8.00. The van der Waals surface area contributed by atoms with E-state index < -0.39 is 5.25 Å². The molecule has 0 spiro atoms. The van der Waals surface area contributed by atoms with Crippen LogP contribution in [0.15, 0.2) is 102 Å². The average molecular weight is 619 g/mol. The minimum atomic E-state index is -0.556. The Labute approximate surface area is 256 Å². The molecule has 0 bridgehead atoms. The molecule has 0 saturated heterocycles. The molecule has 0 aliphatic heterocycles. The predicted molar refractivity (Wildman–Crippen MR) is 172 cm³/mol. The predicted octanol–water partition coefficient (Wildman–Crippen LogP) is 9.46. The van der Waals surface area contributed by atoms with Crippen LogP contribution < -0.4 is 10.6 Å². The molecule has 5 rings (SSSR count). The fraction of sp³-hybridized carbons (Fsp3) is 0.0938. The molecule has 5 aromatic rings. The summed E-state index contributed by atoms with van der Waals surface area (Å²) in [7, 11) is 0. The second-order valence-electron chi connectivity index (χ2n) is 9.29. The molecule has 0 saturated carbocycles. The van der Waals surface area contributed by atoms with Crippen LogP contribution in [0, 0.1) is 13.8 Å². The number of anilines is 2. The Balaban J connectivity index is 1.36. The molecule has 1 aromatic heterocycles. The van der Waals surface area contributed by atoms with Gasteiger partial charge in [0.2, 0.25) is 5.91 Å². The first-order chi connectivity index (χ1) is 19.8. The van der Waals surface area contributed by atoms with Gasteiger partial charge in [-0.2, -0.15) is 0 Å². The van der Waals surface area contributed by atoms with Crippen molar-refractivity contribution < 1.29 is 9.59 Å². The maximum absolute atomic E-state index is 13.7. The molecular weight excluding hydrogens is 593 g/mol. The molecule has 9 heteroatoms. The summed E-state index contributed by atoms with van der Waals surface area (Å²) in [6.45, 7) is 4.05. The smallest absolute Gasteiger partial charge is 0.257 e. The molecule has 0 radical (unpaired) electrons. The van der Waals surface area contributed by atoms with Crippen molar-refractivity contribution in [2.24, 2.45) is 0 Å². The quantitative estimate of drug-likeness (QED) is 0.170. The largest absolute Gasteiger partial charge is 0.322 e. The summed E-state index contributed by atoms with van der Waals surface area (Å²) in [5, 5.41) is 6.63. The number of nitrogens with zero attached hydrogens (tertiary/aromatic N) is 1. The SMILES string of the molecule is Cc1ccc(-c2nc(NC(=O)C(Sc3cccc(NC(=O)c4ccc(Cl)cc4Cl)c3)c3ccccc3)sc2C)cc1. The zero-order chi connectivity index (χ0) is 28.9. The van der Waals surface area contributed by atoms with E-state index in [1.165, 1.54) is 34.7 Å². The van der Waals surface area contributed by atoms with Crippen molar-refractivity contribution in [3.05, 3.63) is 129 Å². The van der Waals surface area contributed by atoms with Crippen LogP contribution in [0.4, 0.5) is 10.8 Å². The highest BCUT2D eigenvalue weighted by atomic mass is 35.5. The first kappa shape index (κ1) is 28.9. The van der Waals surface area contributed by atoms with Crippen LogP contribution in [-0.4, -0.2) is 16.8 Å². The van der Waals surface area contributed by atoms with Crippen molar-refractivity contribution in [2.75, 3.05) is 10.6 Å². The molecule has 1 atom stereocenters. The molecule has 1 unspecified atom stereocenters. The summed E-state index contributed by atoms with van der Waals surface area (Å²) in [6.07, 6.45) is 0. The first-order valence-electron chi connectivity index (χ1n) is 12.7. The van der Waals surface area contributed by atoms with Gasteiger partial charge in [0, 0.05) is 26.0 Å². The number of nitrogens with one attached hydrogen (secondary N) is 2. The zero-order valence-electron chi connectivity index (χ0n) is 22.2. The van der Waals surface area contributed by atoms with Crippen molar-refractivity contribution in [2.45, 2.75) is 24.0 Å². The van der Waals surface area contributed by atoms with E-state index in [1.807, 2.05) is 74.5 Å². The van der Waals surface area contributed by atoms with Crippen LogP contribution in [0.3, 0.4) is 0 Å². The van der Waals surface area contributed by atoms with Gasteiger partial charge in [-0.05, 0) is 55.8 Å². The van der Waals surface area contributed by atoms with E-state index in [9.17, 15) is 9.59 Å².